The van der Waals surface area contributed by atoms with Crippen molar-refractivity contribution in [2.45, 2.75) is 11.3 Å². The fourth-order valence-corrected chi connectivity index (χ4v) is 3.25. The number of carbonyl (C=O) groups is 1. The van der Waals surface area contributed by atoms with E-state index in [-0.39, 0.29) is 5.91 Å². The number of halogens is 2. The van der Waals surface area contributed by atoms with Crippen LogP contribution in [0, 0.1) is 0 Å². The minimum atomic E-state index is -0.0133. The van der Waals surface area contributed by atoms with E-state index in [1.54, 1.807) is 12.1 Å². The maximum atomic E-state index is 12.5. The smallest absolute Gasteiger partial charge is 0.255 e. The van der Waals surface area contributed by atoms with Crippen LogP contribution in [-0.2, 0) is 0 Å². The van der Waals surface area contributed by atoms with Crippen LogP contribution in [0.2, 0.25) is 10.0 Å². The molecule has 0 atom stereocenters. The van der Waals surface area contributed by atoms with Gasteiger partial charge in [0.25, 0.3) is 5.91 Å². The lowest BCUT2D eigenvalue weighted by molar-refractivity contribution is 0.0766. The third-order valence-electron chi connectivity index (χ3n) is 3.10. The zero-order valence-electron chi connectivity index (χ0n) is 10.7. The molecule has 104 valence electrons. The minimum Gasteiger partial charge on any atom is -0.337 e. The Balaban J connectivity index is 2.27. The molecule has 2 rings (SSSR count). The molecule has 0 unspecified atom stereocenters. The maximum absolute atomic E-state index is 12.5. The minimum absolute atomic E-state index is 0.0133. The Labute approximate surface area is 127 Å². The highest BCUT2D eigenvalue weighted by Crippen LogP contribution is 2.31. The molecular weight excluding hydrogens is 303 g/mol. The van der Waals surface area contributed by atoms with E-state index in [1.807, 2.05) is 11.2 Å². The predicted octanol–water partition coefficient (Wildman–Crippen LogP) is 3.15. The molecule has 19 heavy (non-hydrogen) atoms. The van der Waals surface area contributed by atoms with Crippen molar-refractivity contribution in [2.24, 2.45) is 0 Å². The number of hydrogen-bond acceptors (Lipinski definition) is 3. The summed E-state index contributed by atoms with van der Waals surface area (Å²) in [5.41, 5.74) is 0.539. The normalized spacial score (nSPS) is 16.3. The van der Waals surface area contributed by atoms with Gasteiger partial charge in [-0.2, -0.15) is 0 Å². The van der Waals surface area contributed by atoms with Gasteiger partial charge < -0.3 is 10.2 Å². The van der Waals surface area contributed by atoms with E-state index in [0.29, 0.717) is 22.2 Å². The second-order valence-corrected chi connectivity index (χ2v) is 6.02. The van der Waals surface area contributed by atoms with Crippen LogP contribution >= 0.6 is 35.0 Å². The molecule has 1 saturated heterocycles. The van der Waals surface area contributed by atoms with Gasteiger partial charge in [-0.05, 0) is 31.4 Å². The fraction of sp³-hybridized carbons (Fsp3) is 0.462. The van der Waals surface area contributed by atoms with Crippen LogP contribution in [0.15, 0.2) is 17.0 Å². The van der Waals surface area contributed by atoms with Crippen LogP contribution in [0.3, 0.4) is 0 Å². The van der Waals surface area contributed by atoms with Gasteiger partial charge in [0.15, 0.2) is 0 Å². The fourth-order valence-electron chi connectivity index (χ4n) is 2.07. The maximum Gasteiger partial charge on any atom is 0.255 e. The summed E-state index contributed by atoms with van der Waals surface area (Å²) in [5.74, 6) is -0.0133. The molecule has 1 aromatic carbocycles. The van der Waals surface area contributed by atoms with E-state index in [4.69, 9.17) is 23.2 Å². The summed E-state index contributed by atoms with van der Waals surface area (Å²) in [6.45, 7) is 3.26. The quantitative estimate of drug-likeness (QED) is 0.850. The third-order valence-corrected chi connectivity index (χ3v) is 4.61. The van der Waals surface area contributed by atoms with Crippen molar-refractivity contribution in [3.63, 3.8) is 0 Å². The van der Waals surface area contributed by atoms with E-state index in [2.05, 4.69) is 5.32 Å². The Bertz CT molecular complexity index is 474. The highest BCUT2D eigenvalue weighted by atomic mass is 35.5. The number of nitrogens with one attached hydrogen (secondary N) is 1. The van der Waals surface area contributed by atoms with E-state index >= 15 is 0 Å². The number of hydrogen-bond donors (Lipinski definition) is 1. The number of rotatable bonds is 2. The number of benzene rings is 1. The lowest BCUT2D eigenvalue weighted by Gasteiger charge is -2.21. The first-order chi connectivity index (χ1) is 9.13. The highest BCUT2D eigenvalue weighted by molar-refractivity contribution is 7.98. The Morgan fingerprint density at radius 2 is 2.05 bits per heavy atom. The SMILES string of the molecule is CSc1cc(C(=O)N2CCCNCC2)c(Cl)cc1Cl. The van der Waals surface area contributed by atoms with Gasteiger partial charge in [-0.25, -0.2) is 0 Å². The van der Waals surface area contributed by atoms with Crippen molar-refractivity contribution >= 4 is 40.9 Å². The molecule has 3 nitrogen and oxygen atoms in total. The van der Waals surface area contributed by atoms with E-state index in [0.717, 1.165) is 31.0 Å². The number of amides is 1. The molecule has 0 saturated carbocycles. The first-order valence-electron chi connectivity index (χ1n) is 6.16. The summed E-state index contributed by atoms with van der Waals surface area (Å²) in [7, 11) is 0. The second-order valence-electron chi connectivity index (χ2n) is 4.36. The van der Waals surface area contributed by atoms with Crippen molar-refractivity contribution in [1.29, 1.82) is 0 Å². The summed E-state index contributed by atoms with van der Waals surface area (Å²) in [6.07, 6.45) is 2.89. The van der Waals surface area contributed by atoms with Gasteiger partial charge in [-0.3, -0.25) is 4.79 Å². The van der Waals surface area contributed by atoms with Crippen LogP contribution in [0.25, 0.3) is 0 Å². The van der Waals surface area contributed by atoms with Gasteiger partial charge in [0.05, 0.1) is 15.6 Å². The molecule has 1 aromatic rings. The molecule has 1 heterocycles. The Kier molecular flexibility index (Phi) is 5.39. The van der Waals surface area contributed by atoms with E-state index < -0.39 is 0 Å². The van der Waals surface area contributed by atoms with Crippen LogP contribution in [0.4, 0.5) is 0 Å². The molecule has 1 amide bonds. The molecule has 0 aromatic heterocycles. The van der Waals surface area contributed by atoms with Crippen molar-refractivity contribution in [1.82, 2.24) is 10.2 Å². The van der Waals surface area contributed by atoms with Crippen LogP contribution in [0.1, 0.15) is 16.8 Å². The monoisotopic (exact) mass is 318 g/mol. The third kappa shape index (κ3) is 3.57. The summed E-state index contributed by atoms with van der Waals surface area (Å²) in [5, 5.41) is 4.29. The number of carbonyl (C=O) groups excluding carboxylic acids is 1. The van der Waals surface area contributed by atoms with Crippen LogP contribution in [-0.4, -0.2) is 43.2 Å². The molecule has 0 spiro atoms. The van der Waals surface area contributed by atoms with Crippen molar-refractivity contribution in [3.8, 4) is 0 Å². The van der Waals surface area contributed by atoms with Gasteiger partial charge in [-0.15, -0.1) is 11.8 Å². The van der Waals surface area contributed by atoms with Gasteiger partial charge in [0.2, 0.25) is 0 Å². The highest BCUT2D eigenvalue weighted by Gasteiger charge is 2.20. The Morgan fingerprint density at radius 3 is 2.79 bits per heavy atom. The largest absolute Gasteiger partial charge is 0.337 e. The summed E-state index contributed by atoms with van der Waals surface area (Å²) in [6, 6.07) is 3.44. The lowest BCUT2D eigenvalue weighted by atomic mass is 10.2. The Morgan fingerprint density at radius 1 is 1.26 bits per heavy atom. The molecule has 6 heteroatoms. The lowest BCUT2D eigenvalue weighted by Crippen LogP contribution is -2.34. The van der Waals surface area contributed by atoms with Gasteiger partial charge in [0, 0.05) is 24.5 Å². The molecule has 1 aliphatic heterocycles. The average molecular weight is 319 g/mol. The first kappa shape index (κ1) is 15.0. The molecule has 1 aliphatic rings. The molecule has 0 aliphatic carbocycles. The van der Waals surface area contributed by atoms with Gasteiger partial charge >= 0.3 is 0 Å². The van der Waals surface area contributed by atoms with E-state index in [9.17, 15) is 4.79 Å². The van der Waals surface area contributed by atoms with Crippen LogP contribution in [0.5, 0.6) is 0 Å². The second kappa shape index (κ2) is 6.84. The van der Waals surface area contributed by atoms with E-state index in [1.165, 1.54) is 11.8 Å². The predicted molar refractivity (Wildman–Crippen MR) is 81.6 cm³/mol. The summed E-state index contributed by atoms with van der Waals surface area (Å²) in [4.78, 5) is 15.2. The topological polar surface area (TPSA) is 32.3 Å². The van der Waals surface area contributed by atoms with Crippen molar-refractivity contribution in [3.05, 3.63) is 27.7 Å². The molecular formula is C13H16Cl2N2OS. The van der Waals surface area contributed by atoms with Gasteiger partial charge in [-0.1, -0.05) is 23.2 Å². The Hall–Kier alpha value is -0.420. The standard InChI is InChI=1S/C13H16Cl2N2OS/c1-19-12-7-9(10(14)8-11(12)15)13(18)17-5-2-3-16-4-6-17/h7-8,16H,2-6H2,1H3. The summed E-state index contributed by atoms with van der Waals surface area (Å²) < 4.78 is 0. The first-order valence-corrected chi connectivity index (χ1v) is 8.14. The molecule has 1 N–H and O–H groups in total. The molecule has 0 radical (unpaired) electrons. The summed E-state index contributed by atoms with van der Waals surface area (Å²) >= 11 is 13.7. The zero-order valence-corrected chi connectivity index (χ0v) is 13.0. The number of nitrogens with zero attached hydrogens (tertiary/aromatic N) is 1. The molecule has 0 bridgehead atoms. The van der Waals surface area contributed by atoms with Crippen LogP contribution < -0.4 is 5.32 Å². The van der Waals surface area contributed by atoms with Crippen molar-refractivity contribution in [2.75, 3.05) is 32.4 Å². The zero-order chi connectivity index (χ0) is 13.8. The van der Waals surface area contributed by atoms with Crippen molar-refractivity contribution < 1.29 is 4.79 Å². The average Bonchev–Trinajstić information content (AvgIpc) is 2.67. The number of thioether (sulfide) groups is 1. The van der Waals surface area contributed by atoms with Gasteiger partial charge in [0.1, 0.15) is 0 Å². The molecule has 1 fully saturated rings.